The number of allylic oxidation sites excluding steroid dienone is 4. The average Bonchev–Trinajstić information content (AvgIpc) is 2.93. The second-order valence-electron chi connectivity index (χ2n) is 6.52. The van der Waals surface area contributed by atoms with E-state index in [9.17, 15) is 0 Å². The Morgan fingerprint density at radius 2 is 1.21 bits per heavy atom. The van der Waals surface area contributed by atoms with Crippen molar-refractivity contribution in [1.29, 1.82) is 0 Å². The molecular weight excluding hydrogens is 228 g/mol. The quantitative estimate of drug-likeness (QED) is 0.577. The molecule has 1 aromatic rings. The van der Waals surface area contributed by atoms with Gasteiger partial charge < -0.3 is 0 Å². The van der Waals surface area contributed by atoms with E-state index in [1.165, 1.54) is 32.1 Å². The molecule has 19 heavy (non-hydrogen) atoms. The fraction of sp³-hybridized carbons (Fsp3) is 0.474. The summed E-state index contributed by atoms with van der Waals surface area (Å²) in [7, 11) is 0. The van der Waals surface area contributed by atoms with E-state index in [0.29, 0.717) is 0 Å². The first kappa shape index (κ1) is 11.5. The molecule has 4 rings (SSSR count). The van der Waals surface area contributed by atoms with Crippen LogP contribution in [0.3, 0.4) is 0 Å². The molecule has 0 amide bonds. The molecule has 0 heterocycles. The predicted octanol–water partition coefficient (Wildman–Crippen LogP) is 4.85. The zero-order valence-corrected chi connectivity index (χ0v) is 12.0. The lowest BCUT2D eigenvalue weighted by Crippen LogP contribution is -2.24. The first-order valence-corrected chi connectivity index (χ1v) is 7.76. The van der Waals surface area contributed by atoms with Gasteiger partial charge in [0.05, 0.1) is 0 Å². The van der Waals surface area contributed by atoms with Crippen LogP contribution in [0.25, 0.3) is 0 Å². The van der Waals surface area contributed by atoms with Crippen molar-refractivity contribution in [1.82, 2.24) is 0 Å². The minimum Gasteiger partial charge on any atom is -0.0635 e. The topological polar surface area (TPSA) is 0 Å². The Balaban J connectivity index is 1.79. The van der Waals surface area contributed by atoms with Crippen LogP contribution < -0.4 is 0 Å². The van der Waals surface area contributed by atoms with E-state index in [2.05, 4.69) is 38.1 Å². The SMILES string of the molecule is CC1C2=C(CCC2)C(C)C2=C1Cc1ccccc1C2. The van der Waals surface area contributed by atoms with Crippen molar-refractivity contribution in [2.45, 2.75) is 46.0 Å². The van der Waals surface area contributed by atoms with Crippen molar-refractivity contribution >= 4 is 0 Å². The molecule has 0 nitrogen and oxygen atoms in total. The van der Waals surface area contributed by atoms with Crippen molar-refractivity contribution in [3.05, 3.63) is 57.7 Å². The van der Waals surface area contributed by atoms with Gasteiger partial charge in [-0.15, -0.1) is 0 Å². The van der Waals surface area contributed by atoms with Gasteiger partial charge in [0, 0.05) is 0 Å². The summed E-state index contributed by atoms with van der Waals surface area (Å²) >= 11 is 0. The lowest BCUT2D eigenvalue weighted by Gasteiger charge is -2.36. The maximum Gasteiger partial charge on any atom is -0.00122 e. The van der Waals surface area contributed by atoms with Crippen molar-refractivity contribution in [2.24, 2.45) is 11.8 Å². The summed E-state index contributed by atoms with van der Waals surface area (Å²) < 4.78 is 0. The second-order valence-corrected chi connectivity index (χ2v) is 6.52. The van der Waals surface area contributed by atoms with Crippen LogP contribution in [0.5, 0.6) is 0 Å². The molecule has 0 heteroatoms. The van der Waals surface area contributed by atoms with Crippen molar-refractivity contribution < 1.29 is 0 Å². The molecule has 0 spiro atoms. The first-order chi connectivity index (χ1) is 9.25. The van der Waals surface area contributed by atoms with Gasteiger partial charge in [-0.05, 0) is 55.1 Å². The summed E-state index contributed by atoms with van der Waals surface area (Å²) in [5.41, 5.74) is 10.2. The number of hydrogen-bond donors (Lipinski definition) is 0. The largest absolute Gasteiger partial charge is 0.0635 e. The average molecular weight is 250 g/mol. The molecule has 0 saturated carbocycles. The van der Waals surface area contributed by atoms with E-state index < -0.39 is 0 Å². The van der Waals surface area contributed by atoms with Gasteiger partial charge in [-0.25, -0.2) is 0 Å². The molecule has 2 atom stereocenters. The van der Waals surface area contributed by atoms with Gasteiger partial charge >= 0.3 is 0 Å². The van der Waals surface area contributed by atoms with Crippen LogP contribution in [0.15, 0.2) is 46.6 Å². The van der Waals surface area contributed by atoms with E-state index in [4.69, 9.17) is 0 Å². The van der Waals surface area contributed by atoms with Crippen molar-refractivity contribution in [2.75, 3.05) is 0 Å². The molecule has 0 bridgehead atoms. The Bertz CT molecular complexity index is 549. The van der Waals surface area contributed by atoms with Gasteiger partial charge in [0.1, 0.15) is 0 Å². The number of rotatable bonds is 0. The highest BCUT2D eigenvalue weighted by Crippen LogP contribution is 2.49. The van der Waals surface area contributed by atoms with Crippen LogP contribution >= 0.6 is 0 Å². The van der Waals surface area contributed by atoms with E-state index in [1.807, 2.05) is 0 Å². The molecular formula is C19H22. The molecule has 0 radical (unpaired) electrons. The molecule has 3 aliphatic carbocycles. The summed E-state index contributed by atoms with van der Waals surface area (Å²) in [6.45, 7) is 4.91. The van der Waals surface area contributed by atoms with Gasteiger partial charge in [0.2, 0.25) is 0 Å². The summed E-state index contributed by atoms with van der Waals surface area (Å²) in [5, 5.41) is 0. The Morgan fingerprint density at radius 3 is 1.68 bits per heavy atom. The third-order valence-corrected chi connectivity index (χ3v) is 5.69. The minimum atomic E-state index is 0.719. The Labute approximate surface area is 116 Å². The number of benzene rings is 1. The van der Waals surface area contributed by atoms with Gasteiger partial charge in [-0.3, -0.25) is 0 Å². The number of hydrogen-bond acceptors (Lipinski definition) is 0. The molecule has 1 aromatic carbocycles. The van der Waals surface area contributed by atoms with Crippen LogP contribution in [0.4, 0.5) is 0 Å². The third kappa shape index (κ3) is 1.59. The molecule has 0 aromatic heterocycles. The highest BCUT2D eigenvalue weighted by atomic mass is 14.4. The third-order valence-electron chi connectivity index (χ3n) is 5.69. The molecule has 2 unspecified atom stereocenters. The standard InChI is InChI=1S/C19H22/c1-12-16-8-5-9-17(16)13(2)19-11-15-7-4-3-6-14(15)10-18(12)19/h3-4,6-7,12-13H,5,8-11H2,1-2H3. The van der Waals surface area contributed by atoms with Crippen LogP contribution in [0.1, 0.15) is 44.2 Å². The zero-order valence-electron chi connectivity index (χ0n) is 12.0. The monoisotopic (exact) mass is 250 g/mol. The molecule has 0 N–H and O–H groups in total. The van der Waals surface area contributed by atoms with E-state index in [-0.39, 0.29) is 0 Å². The molecule has 0 aliphatic heterocycles. The summed E-state index contributed by atoms with van der Waals surface area (Å²) in [5.74, 6) is 1.44. The van der Waals surface area contributed by atoms with Crippen molar-refractivity contribution in [3.8, 4) is 0 Å². The fourth-order valence-corrected chi connectivity index (χ4v) is 4.60. The second kappa shape index (κ2) is 4.10. The normalized spacial score (nSPS) is 29.2. The van der Waals surface area contributed by atoms with Crippen LogP contribution in [-0.4, -0.2) is 0 Å². The van der Waals surface area contributed by atoms with Gasteiger partial charge in [0.25, 0.3) is 0 Å². The van der Waals surface area contributed by atoms with Crippen LogP contribution in [-0.2, 0) is 12.8 Å². The van der Waals surface area contributed by atoms with Crippen LogP contribution in [0, 0.1) is 11.8 Å². The highest BCUT2D eigenvalue weighted by Gasteiger charge is 2.35. The van der Waals surface area contributed by atoms with Gasteiger partial charge in [0.15, 0.2) is 0 Å². The molecule has 98 valence electrons. The lowest BCUT2D eigenvalue weighted by atomic mass is 9.68. The van der Waals surface area contributed by atoms with E-state index >= 15 is 0 Å². The Kier molecular flexibility index (Phi) is 2.48. The van der Waals surface area contributed by atoms with E-state index in [0.717, 1.165) is 11.8 Å². The Morgan fingerprint density at radius 1 is 0.737 bits per heavy atom. The maximum atomic E-state index is 2.45. The lowest BCUT2D eigenvalue weighted by molar-refractivity contribution is 0.612. The Hall–Kier alpha value is -1.30. The molecule has 0 fully saturated rings. The first-order valence-electron chi connectivity index (χ1n) is 7.76. The van der Waals surface area contributed by atoms with Crippen molar-refractivity contribution in [3.63, 3.8) is 0 Å². The smallest absolute Gasteiger partial charge is 0.00122 e. The highest BCUT2D eigenvalue weighted by molar-refractivity contribution is 5.50. The summed E-state index contributed by atoms with van der Waals surface area (Å²) in [6, 6.07) is 9.05. The molecule has 0 saturated heterocycles. The molecule has 3 aliphatic rings. The van der Waals surface area contributed by atoms with Gasteiger partial charge in [-0.1, -0.05) is 60.4 Å². The van der Waals surface area contributed by atoms with E-state index in [1.54, 1.807) is 33.4 Å². The predicted molar refractivity (Wildman–Crippen MR) is 80.1 cm³/mol. The summed E-state index contributed by atoms with van der Waals surface area (Å²) in [6.07, 6.45) is 6.52. The van der Waals surface area contributed by atoms with Gasteiger partial charge in [-0.2, -0.15) is 0 Å². The van der Waals surface area contributed by atoms with Crippen LogP contribution in [0.2, 0.25) is 0 Å². The summed E-state index contributed by atoms with van der Waals surface area (Å²) in [4.78, 5) is 0. The minimum absolute atomic E-state index is 0.719. The zero-order chi connectivity index (χ0) is 13.0. The number of fused-ring (bicyclic) bond motifs is 1. The maximum absolute atomic E-state index is 2.45. The fourth-order valence-electron chi connectivity index (χ4n) is 4.60.